The molecule has 0 saturated heterocycles. The normalized spacial score (nSPS) is 12.7. The molecule has 0 amide bonds. The molecule has 1 aromatic rings. The lowest BCUT2D eigenvalue weighted by Crippen LogP contribution is -2.30. The minimum Gasteiger partial charge on any atom is -0.275 e. The minimum absolute atomic E-state index is 0.124. The van der Waals surface area contributed by atoms with Crippen molar-refractivity contribution in [3.05, 3.63) is 30.3 Å². The van der Waals surface area contributed by atoms with Gasteiger partial charge in [0.05, 0.1) is 4.90 Å². The van der Waals surface area contributed by atoms with Gasteiger partial charge in [0.15, 0.2) is 0 Å². The Morgan fingerprint density at radius 1 is 1.19 bits per heavy atom. The number of halogens is 3. The van der Waals surface area contributed by atoms with E-state index in [-0.39, 0.29) is 4.90 Å². The molecule has 0 fully saturated rings. The second-order valence-electron chi connectivity index (χ2n) is 2.70. The molecule has 0 spiro atoms. The number of rotatable bonds is 4. The Bertz CT molecular complexity index is 430. The van der Waals surface area contributed by atoms with E-state index in [4.69, 9.17) is 0 Å². The maximum atomic E-state index is 11.6. The molecule has 16 heavy (non-hydrogen) atoms. The summed E-state index contributed by atoms with van der Waals surface area (Å²) in [5, 5.41) is 0. The van der Waals surface area contributed by atoms with Crippen LogP contribution in [0.4, 0.5) is 13.2 Å². The van der Waals surface area contributed by atoms with Gasteiger partial charge in [-0.1, -0.05) is 18.2 Å². The molecule has 0 aliphatic carbocycles. The molecule has 0 aliphatic heterocycles. The van der Waals surface area contributed by atoms with Crippen LogP contribution in [0.5, 0.6) is 0 Å². The predicted molar refractivity (Wildman–Crippen MR) is 48.8 cm³/mol. The number of sulfonamides is 1. The minimum atomic E-state index is -4.86. The topological polar surface area (TPSA) is 55.4 Å². The van der Waals surface area contributed by atoms with Crippen molar-refractivity contribution in [2.45, 2.75) is 11.3 Å². The smallest absolute Gasteiger partial charge is 0.275 e. The van der Waals surface area contributed by atoms with Crippen molar-refractivity contribution in [2.75, 3.05) is 6.73 Å². The van der Waals surface area contributed by atoms with Crippen molar-refractivity contribution in [2.24, 2.45) is 0 Å². The van der Waals surface area contributed by atoms with E-state index in [1.54, 1.807) is 10.8 Å². The van der Waals surface area contributed by atoms with E-state index in [1.165, 1.54) is 24.3 Å². The molecule has 0 unspecified atom stereocenters. The van der Waals surface area contributed by atoms with E-state index >= 15 is 0 Å². The Balaban J connectivity index is 2.61. The Morgan fingerprint density at radius 3 is 2.25 bits per heavy atom. The van der Waals surface area contributed by atoms with Gasteiger partial charge in [0, 0.05) is 0 Å². The first kappa shape index (κ1) is 12.9. The van der Waals surface area contributed by atoms with Crippen molar-refractivity contribution in [1.29, 1.82) is 0 Å². The summed E-state index contributed by atoms with van der Waals surface area (Å²) >= 11 is 0. The van der Waals surface area contributed by atoms with Crippen molar-refractivity contribution in [1.82, 2.24) is 4.72 Å². The van der Waals surface area contributed by atoms with Gasteiger partial charge in [-0.05, 0) is 12.1 Å². The molecule has 4 nitrogen and oxygen atoms in total. The third-order valence-corrected chi connectivity index (χ3v) is 2.93. The zero-order valence-electron chi connectivity index (χ0n) is 7.86. The van der Waals surface area contributed by atoms with Crippen LogP contribution in [-0.4, -0.2) is 21.5 Å². The lowest BCUT2D eigenvalue weighted by atomic mass is 10.4. The maximum absolute atomic E-state index is 11.6. The molecule has 1 N–H and O–H groups in total. The predicted octanol–water partition coefficient (Wildman–Crippen LogP) is 1.46. The van der Waals surface area contributed by atoms with Crippen molar-refractivity contribution in [3.63, 3.8) is 0 Å². The molecule has 0 atom stereocenters. The summed E-state index contributed by atoms with van der Waals surface area (Å²) in [6, 6.07) is 7.02. The van der Waals surface area contributed by atoms with Crippen LogP contribution in [0, 0.1) is 0 Å². The van der Waals surface area contributed by atoms with Crippen LogP contribution >= 0.6 is 0 Å². The number of alkyl halides is 3. The molecule has 1 rings (SSSR count). The zero-order valence-corrected chi connectivity index (χ0v) is 8.68. The van der Waals surface area contributed by atoms with Crippen LogP contribution in [0.15, 0.2) is 35.2 Å². The van der Waals surface area contributed by atoms with Crippen LogP contribution < -0.4 is 4.72 Å². The third kappa shape index (κ3) is 4.17. The molecule has 0 bridgehead atoms. The highest BCUT2D eigenvalue weighted by Gasteiger charge is 2.29. The molecule has 8 heteroatoms. The first-order chi connectivity index (χ1) is 7.31. The van der Waals surface area contributed by atoms with Crippen molar-refractivity contribution in [3.8, 4) is 0 Å². The Morgan fingerprint density at radius 2 is 1.75 bits per heavy atom. The number of hydrogen-bond acceptors (Lipinski definition) is 3. The number of benzene rings is 1. The fraction of sp³-hybridized carbons (Fsp3) is 0.250. The van der Waals surface area contributed by atoms with E-state index < -0.39 is 23.1 Å². The largest absolute Gasteiger partial charge is 0.523 e. The molecule has 90 valence electrons. The second-order valence-corrected chi connectivity index (χ2v) is 4.46. The van der Waals surface area contributed by atoms with Gasteiger partial charge in [0.25, 0.3) is 0 Å². The first-order valence-electron chi connectivity index (χ1n) is 4.07. The van der Waals surface area contributed by atoms with Gasteiger partial charge in [0.1, 0.15) is 6.73 Å². The monoisotopic (exact) mass is 255 g/mol. The molecule has 0 aliphatic rings. The Kier molecular flexibility index (Phi) is 3.89. The second kappa shape index (κ2) is 4.81. The Labute approximate surface area is 90.1 Å². The van der Waals surface area contributed by atoms with Crippen molar-refractivity contribution >= 4 is 10.0 Å². The van der Waals surface area contributed by atoms with Crippen LogP contribution in [0.1, 0.15) is 0 Å². The number of hydrogen-bond donors (Lipinski definition) is 1. The Hall–Kier alpha value is -1.12. The van der Waals surface area contributed by atoms with Gasteiger partial charge in [-0.2, -0.15) is 4.72 Å². The molecular formula is C8H8F3NO3S. The summed E-state index contributed by atoms with van der Waals surface area (Å²) in [5.74, 6) is 0. The van der Waals surface area contributed by atoms with Gasteiger partial charge in [-0.3, -0.25) is 4.74 Å². The third-order valence-electron chi connectivity index (χ3n) is 1.54. The first-order valence-corrected chi connectivity index (χ1v) is 5.55. The van der Waals surface area contributed by atoms with Gasteiger partial charge >= 0.3 is 6.36 Å². The molecule has 0 radical (unpaired) electrons. The summed E-state index contributed by atoms with van der Waals surface area (Å²) in [6.45, 7) is -1.15. The summed E-state index contributed by atoms with van der Waals surface area (Å²) in [7, 11) is -3.96. The summed E-state index contributed by atoms with van der Waals surface area (Å²) < 4.78 is 62.4. The van der Waals surface area contributed by atoms with E-state index in [1.807, 2.05) is 0 Å². The lowest BCUT2D eigenvalue weighted by molar-refractivity contribution is -0.325. The van der Waals surface area contributed by atoms with E-state index in [0.29, 0.717) is 0 Å². The SMILES string of the molecule is O=S(=O)(NCOC(F)(F)F)c1ccccc1. The average Bonchev–Trinajstić information content (AvgIpc) is 2.17. The maximum Gasteiger partial charge on any atom is 0.523 e. The average molecular weight is 255 g/mol. The van der Waals surface area contributed by atoms with Crippen LogP contribution in [-0.2, 0) is 14.8 Å². The number of ether oxygens (including phenoxy) is 1. The summed E-state index contributed by atoms with van der Waals surface area (Å²) in [5.41, 5.74) is 0. The van der Waals surface area contributed by atoms with E-state index in [0.717, 1.165) is 0 Å². The fourth-order valence-electron chi connectivity index (χ4n) is 0.872. The molecule has 1 aromatic carbocycles. The number of nitrogens with one attached hydrogen (secondary N) is 1. The van der Waals surface area contributed by atoms with Gasteiger partial charge in [-0.25, -0.2) is 8.42 Å². The van der Waals surface area contributed by atoms with Crippen LogP contribution in [0.3, 0.4) is 0 Å². The fourth-order valence-corrected chi connectivity index (χ4v) is 1.77. The highest BCUT2D eigenvalue weighted by Crippen LogP contribution is 2.15. The van der Waals surface area contributed by atoms with Gasteiger partial charge in [0.2, 0.25) is 10.0 Å². The molecular weight excluding hydrogens is 247 g/mol. The highest BCUT2D eigenvalue weighted by atomic mass is 32.2. The summed E-state index contributed by atoms with van der Waals surface area (Å²) in [4.78, 5) is -0.124. The quantitative estimate of drug-likeness (QED) is 0.829. The standard InChI is InChI=1S/C8H8F3NO3S/c9-8(10,11)15-6-12-16(13,14)7-4-2-1-3-5-7/h1-5,12H,6H2. The summed E-state index contributed by atoms with van der Waals surface area (Å²) in [6.07, 6.45) is -4.86. The molecule has 0 aromatic heterocycles. The van der Waals surface area contributed by atoms with Gasteiger partial charge in [-0.15, -0.1) is 13.2 Å². The molecule has 0 heterocycles. The lowest BCUT2D eigenvalue weighted by Gasteiger charge is -2.09. The zero-order chi connectivity index (χ0) is 12.2. The van der Waals surface area contributed by atoms with Crippen molar-refractivity contribution < 1.29 is 26.3 Å². The van der Waals surface area contributed by atoms with Gasteiger partial charge < -0.3 is 0 Å². The van der Waals surface area contributed by atoms with Crippen LogP contribution in [0.2, 0.25) is 0 Å². The highest BCUT2D eigenvalue weighted by molar-refractivity contribution is 7.89. The van der Waals surface area contributed by atoms with E-state index in [2.05, 4.69) is 4.74 Å². The molecule has 0 saturated carbocycles. The van der Waals surface area contributed by atoms with E-state index in [9.17, 15) is 21.6 Å². The van der Waals surface area contributed by atoms with Crippen LogP contribution in [0.25, 0.3) is 0 Å².